The molecule has 0 heterocycles. The second kappa shape index (κ2) is 10.1. The van der Waals surface area contributed by atoms with Crippen molar-refractivity contribution in [2.24, 2.45) is 5.92 Å². The molecule has 0 saturated carbocycles. The van der Waals surface area contributed by atoms with E-state index < -0.39 is 0 Å². The van der Waals surface area contributed by atoms with Crippen LogP contribution in [-0.2, 0) is 0 Å². The minimum absolute atomic E-state index is 0.529. The molecule has 0 spiro atoms. The molecule has 0 amide bonds. The Hall–Kier alpha value is -0.980. The van der Waals surface area contributed by atoms with Crippen LogP contribution in [0.5, 0.6) is 0 Å². The van der Waals surface area contributed by atoms with Crippen molar-refractivity contribution >= 4 is 0 Å². The van der Waals surface area contributed by atoms with Crippen LogP contribution in [0.3, 0.4) is 0 Å². The van der Waals surface area contributed by atoms with Gasteiger partial charge >= 0.3 is 0 Å². The zero-order chi connectivity index (χ0) is 11.6. The van der Waals surface area contributed by atoms with E-state index in [1.807, 2.05) is 33.9 Å². The van der Waals surface area contributed by atoms with Crippen LogP contribution in [0.2, 0.25) is 0 Å². The molecular weight excluding hydrogens is 170 g/mol. The smallest absolute Gasteiger partial charge is 0.0329 e. The highest BCUT2D eigenvalue weighted by molar-refractivity contribution is 5.32. The van der Waals surface area contributed by atoms with Crippen LogP contribution in [0.4, 0.5) is 0 Å². The Balaban J connectivity index is 0. The van der Waals surface area contributed by atoms with Crippen molar-refractivity contribution in [2.75, 3.05) is 7.05 Å². The Bertz CT molecular complexity index is 197. The summed E-state index contributed by atoms with van der Waals surface area (Å²) in [6.45, 7) is 14.1. The van der Waals surface area contributed by atoms with Crippen molar-refractivity contribution in [3.8, 4) is 0 Å². The van der Waals surface area contributed by atoms with Crippen LogP contribution in [0.25, 0.3) is 0 Å². The first-order valence-electron chi connectivity index (χ1n) is 5.34. The van der Waals surface area contributed by atoms with E-state index >= 15 is 0 Å². The molecule has 0 aromatic carbocycles. The van der Waals surface area contributed by atoms with Gasteiger partial charge in [-0.25, -0.2) is 0 Å². The second-order valence-corrected chi connectivity index (χ2v) is 2.96. The second-order valence-electron chi connectivity index (χ2n) is 2.96. The quantitative estimate of drug-likeness (QED) is 0.671. The number of allylic oxidation sites excluding steroid dienone is 4. The molecule has 1 nitrogen and oxygen atoms in total. The Labute approximate surface area is 89.6 Å². The molecule has 0 fully saturated rings. The van der Waals surface area contributed by atoms with Crippen molar-refractivity contribution < 1.29 is 0 Å². The number of hydrogen-bond donors (Lipinski definition) is 1. The van der Waals surface area contributed by atoms with E-state index in [0.717, 1.165) is 0 Å². The fourth-order valence-corrected chi connectivity index (χ4v) is 1.18. The molecule has 0 radical (unpaired) electrons. The molecule has 82 valence electrons. The molecule has 0 aromatic rings. The first-order chi connectivity index (χ1) is 6.67. The van der Waals surface area contributed by atoms with Crippen molar-refractivity contribution in [3.05, 3.63) is 36.1 Å². The molecule has 0 aliphatic rings. The van der Waals surface area contributed by atoms with E-state index in [1.54, 1.807) is 0 Å². The predicted molar refractivity (Wildman–Crippen MR) is 67.3 cm³/mol. The molecule has 14 heavy (non-hydrogen) atoms. The third kappa shape index (κ3) is 5.63. The van der Waals surface area contributed by atoms with Crippen LogP contribution in [-0.4, -0.2) is 7.05 Å². The molecule has 0 atom stereocenters. The highest BCUT2D eigenvalue weighted by Crippen LogP contribution is 2.16. The van der Waals surface area contributed by atoms with Gasteiger partial charge < -0.3 is 5.32 Å². The van der Waals surface area contributed by atoms with Gasteiger partial charge in [-0.2, -0.15) is 0 Å². The van der Waals surface area contributed by atoms with E-state index in [0.29, 0.717) is 5.92 Å². The van der Waals surface area contributed by atoms with Crippen molar-refractivity contribution in [1.29, 1.82) is 0 Å². The number of likely N-dealkylation sites (N-methyl/N-ethyl adjacent to an activating group) is 1. The average Bonchev–Trinajstić information content (AvgIpc) is 2.21. The summed E-state index contributed by atoms with van der Waals surface area (Å²) < 4.78 is 0. The van der Waals surface area contributed by atoms with Gasteiger partial charge in [0, 0.05) is 12.7 Å². The van der Waals surface area contributed by atoms with Crippen LogP contribution < -0.4 is 5.32 Å². The van der Waals surface area contributed by atoms with Gasteiger partial charge in [0.25, 0.3) is 0 Å². The van der Waals surface area contributed by atoms with Gasteiger partial charge in [-0.15, -0.1) is 0 Å². The topological polar surface area (TPSA) is 12.0 Å². The van der Waals surface area contributed by atoms with Gasteiger partial charge in [0.15, 0.2) is 0 Å². The highest BCUT2D eigenvalue weighted by atomic mass is 14.8. The summed E-state index contributed by atoms with van der Waals surface area (Å²) in [5.41, 5.74) is 2.49. The van der Waals surface area contributed by atoms with E-state index in [4.69, 9.17) is 0 Å². The van der Waals surface area contributed by atoms with Gasteiger partial charge in [-0.3, -0.25) is 0 Å². The van der Waals surface area contributed by atoms with Gasteiger partial charge in [-0.1, -0.05) is 52.5 Å². The van der Waals surface area contributed by atoms with E-state index in [2.05, 4.69) is 37.9 Å². The minimum Gasteiger partial charge on any atom is -0.388 e. The molecule has 1 heteroatoms. The summed E-state index contributed by atoms with van der Waals surface area (Å²) in [7, 11) is 1.94. The third-order valence-corrected chi connectivity index (χ3v) is 1.79. The lowest BCUT2D eigenvalue weighted by molar-refractivity contribution is 0.753. The van der Waals surface area contributed by atoms with Gasteiger partial charge in [-0.05, 0) is 18.4 Å². The molecule has 0 aromatic heterocycles. The Morgan fingerprint density at radius 3 is 2.00 bits per heavy atom. The van der Waals surface area contributed by atoms with E-state index in [1.165, 1.54) is 11.3 Å². The third-order valence-electron chi connectivity index (χ3n) is 1.79. The first-order valence-corrected chi connectivity index (χ1v) is 5.34. The zero-order valence-electron chi connectivity index (χ0n) is 10.5. The van der Waals surface area contributed by atoms with E-state index in [9.17, 15) is 0 Å². The molecule has 0 unspecified atom stereocenters. The van der Waals surface area contributed by atoms with Crippen LogP contribution in [0, 0.1) is 5.92 Å². The molecule has 1 N–H and O–H groups in total. The fraction of sp³-hybridized carbons (Fsp3) is 0.538. The number of nitrogens with one attached hydrogen (secondary N) is 1. The average molecular weight is 195 g/mol. The lowest BCUT2D eigenvalue weighted by Crippen LogP contribution is -2.11. The van der Waals surface area contributed by atoms with Gasteiger partial charge in [0.2, 0.25) is 0 Å². The predicted octanol–water partition coefficient (Wildman–Crippen LogP) is 3.90. The molecule has 0 saturated heterocycles. The normalized spacial score (nSPS) is 11.9. The summed E-state index contributed by atoms with van der Waals surface area (Å²) in [5.74, 6) is 0.529. The lowest BCUT2D eigenvalue weighted by atomic mass is 9.99. The fourth-order valence-electron chi connectivity index (χ4n) is 1.18. The summed E-state index contributed by atoms with van der Waals surface area (Å²) in [6.07, 6.45) is 5.96. The van der Waals surface area contributed by atoms with Gasteiger partial charge in [0.1, 0.15) is 0 Å². The molecular formula is C13H25N. The maximum atomic E-state index is 3.70. The molecule has 0 aliphatic heterocycles. The summed E-state index contributed by atoms with van der Waals surface area (Å²) in [6, 6.07) is 0. The minimum atomic E-state index is 0.529. The van der Waals surface area contributed by atoms with Gasteiger partial charge in [0.05, 0.1) is 0 Å². The maximum Gasteiger partial charge on any atom is 0.0329 e. The molecule has 0 rings (SSSR count). The first kappa shape index (κ1) is 15.5. The Morgan fingerprint density at radius 2 is 1.79 bits per heavy atom. The van der Waals surface area contributed by atoms with Crippen molar-refractivity contribution in [1.82, 2.24) is 5.32 Å². The standard InChI is InChI=1S/C11H19N.C2H6/c1-6-8-10(9(3)4)11(7-2)12-5;1-2/h6-9,12H,1H2,2-5H3;1-2H3/b10-8-,11-7+;. The summed E-state index contributed by atoms with van der Waals surface area (Å²) >= 11 is 0. The number of hydrogen-bond acceptors (Lipinski definition) is 1. The maximum absolute atomic E-state index is 3.70. The summed E-state index contributed by atoms with van der Waals surface area (Å²) in [5, 5.41) is 3.16. The van der Waals surface area contributed by atoms with Crippen molar-refractivity contribution in [2.45, 2.75) is 34.6 Å². The SMILES string of the molecule is C=C/C=C(\C(=C/C)NC)C(C)C.CC. The Kier molecular flexibility index (Phi) is 11.2. The molecule has 0 aliphatic carbocycles. The lowest BCUT2D eigenvalue weighted by Gasteiger charge is -2.14. The monoisotopic (exact) mass is 195 g/mol. The highest BCUT2D eigenvalue weighted by Gasteiger charge is 2.05. The summed E-state index contributed by atoms with van der Waals surface area (Å²) in [4.78, 5) is 0. The zero-order valence-corrected chi connectivity index (χ0v) is 10.5. The van der Waals surface area contributed by atoms with Crippen molar-refractivity contribution in [3.63, 3.8) is 0 Å². The Morgan fingerprint density at radius 1 is 1.29 bits per heavy atom. The van der Waals surface area contributed by atoms with Crippen LogP contribution in [0.15, 0.2) is 36.1 Å². The largest absolute Gasteiger partial charge is 0.388 e. The number of rotatable bonds is 4. The van der Waals surface area contributed by atoms with Crippen LogP contribution >= 0.6 is 0 Å². The van der Waals surface area contributed by atoms with Crippen LogP contribution in [0.1, 0.15) is 34.6 Å². The molecule has 0 bridgehead atoms. The van der Waals surface area contributed by atoms with E-state index in [-0.39, 0.29) is 0 Å².